The number of benzene rings is 1. The molecule has 2 rings (SSSR count). The van der Waals surface area contributed by atoms with Crippen LogP contribution in [-0.4, -0.2) is 64.3 Å². The first-order chi connectivity index (χ1) is 14.1. The van der Waals surface area contributed by atoms with Crippen molar-refractivity contribution in [3.05, 3.63) is 29.3 Å². The van der Waals surface area contributed by atoms with Gasteiger partial charge in [0, 0.05) is 5.69 Å². The van der Waals surface area contributed by atoms with E-state index >= 15 is 0 Å². The van der Waals surface area contributed by atoms with Gasteiger partial charge in [-0.3, -0.25) is 9.69 Å². The predicted octanol–water partition coefficient (Wildman–Crippen LogP) is -1.29. The van der Waals surface area contributed by atoms with E-state index in [1.165, 1.54) is 6.42 Å². The van der Waals surface area contributed by atoms with Crippen LogP contribution in [0, 0.1) is 13.8 Å². The number of likely N-dealkylation sites (tertiary alicyclic amines) is 1. The monoisotopic (exact) mass is 422 g/mol. The van der Waals surface area contributed by atoms with Crippen LogP contribution in [0.4, 0.5) is 5.69 Å². The number of carbonyl (C=O) groups is 3. The quantitative estimate of drug-likeness (QED) is 0.491. The van der Waals surface area contributed by atoms with Crippen LogP contribution in [0.25, 0.3) is 0 Å². The molecule has 0 saturated carbocycles. The summed E-state index contributed by atoms with van der Waals surface area (Å²) in [6.07, 6.45) is -0.419. The van der Waals surface area contributed by atoms with Crippen molar-refractivity contribution in [1.82, 2.24) is 4.90 Å². The van der Waals surface area contributed by atoms with Gasteiger partial charge in [0.05, 0.1) is 18.0 Å². The van der Waals surface area contributed by atoms with Gasteiger partial charge in [-0.1, -0.05) is 31.5 Å². The number of carbonyl (C=O) groups excluding carboxylic acids is 3. The highest BCUT2D eigenvalue weighted by atomic mass is 16.4. The molecule has 1 aliphatic heterocycles. The second-order valence-electron chi connectivity index (χ2n) is 7.33. The van der Waals surface area contributed by atoms with Crippen molar-refractivity contribution < 1.29 is 34.8 Å². The van der Waals surface area contributed by atoms with Gasteiger partial charge in [-0.15, -0.1) is 0 Å². The summed E-state index contributed by atoms with van der Waals surface area (Å²) >= 11 is 0. The van der Waals surface area contributed by atoms with Crippen LogP contribution in [0.15, 0.2) is 18.2 Å². The van der Waals surface area contributed by atoms with E-state index in [0.717, 1.165) is 49.2 Å². The molecule has 3 N–H and O–H groups in total. The molecule has 0 aliphatic carbocycles. The molecule has 3 atom stereocenters. The highest BCUT2D eigenvalue weighted by molar-refractivity contribution is 5.96. The Hall–Kier alpha value is -2.49. The number of piperidine rings is 1. The lowest BCUT2D eigenvalue weighted by molar-refractivity contribution is -0.333. The second kappa shape index (κ2) is 12.3. The van der Waals surface area contributed by atoms with Gasteiger partial charge in [0.15, 0.2) is 0 Å². The standard InChI is InChI=1S/C17H26N2O.C4H6O6/c1-4-11-19-12-6-5-10-15(19)17(20)18-16-13(2)8-7-9-14(16)3;5-1(3(7)8)2(6)4(9)10/h7-9,15H,4-6,10-12H2,1-3H3,(H,18,20);1-2,5-6H,(H,7,8)(H,9,10)/p-2/t15-;/m0./s1. The highest BCUT2D eigenvalue weighted by Gasteiger charge is 2.28. The van der Waals surface area contributed by atoms with Gasteiger partial charge in [-0.2, -0.15) is 0 Å². The van der Waals surface area contributed by atoms with Gasteiger partial charge < -0.3 is 35.3 Å². The van der Waals surface area contributed by atoms with Gasteiger partial charge in [-0.05, 0) is 57.3 Å². The van der Waals surface area contributed by atoms with Gasteiger partial charge in [-0.25, -0.2) is 0 Å². The number of amides is 1. The SMILES string of the molecule is CCCN1CCCC[C@H]1C(=O)Nc1c(C)cccc1C.O=C([O-])C(O)C(O)C(=O)[O-]. The summed E-state index contributed by atoms with van der Waals surface area (Å²) in [5, 5.41) is 38.9. The molecule has 0 aromatic heterocycles. The topological polar surface area (TPSA) is 153 Å². The maximum atomic E-state index is 12.6. The number of hydrogen-bond donors (Lipinski definition) is 3. The van der Waals surface area contributed by atoms with Crippen LogP contribution in [0.3, 0.4) is 0 Å². The van der Waals surface area contributed by atoms with Crippen LogP contribution in [0.1, 0.15) is 43.7 Å². The smallest absolute Gasteiger partial charge is 0.241 e. The summed E-state index contributed by atoms with van der Waals surface area (Å²) in [4.78, 5) is 34.2. The Morgan fingerprint density at radius 2 is 1.63 bits per heavy atom. The fourth-order valence-corrected chi connectivity index (χ4v) is 3.32. The summed E-state index contributed by atoms with van der Waals surface area (Å²) in [5.74, 6) is -3.95. The minimum Gasteiger partial charge on any atom is -0.547 e. The van der Waals surface area contributed by atoms with Crippen molar-refractivity contribution in [2.45, 2.75) is 64.7 Å². The molecule has 9 nitrogen and oxygen atoms in total. The third-order valence-electron chi connectivity index (χ3n) is 4.94. The number of aliphatic hydroxyl groups is 2. The van der Waals surface area contributed by atoms with E-state index in [-0.39, 0.29) is 11.9 Å². The number of aliphatic carboxylic acids is 2. The maximum Gasteiger partial charge on any atom is 0.241 e. The summed E-state index contributed by atoms with van der Waals surface area (Å²) < 4.78 is 0. The largest absolute Gasteiger partial charge is 0.547 e. The Bertz CT molecular complexity index is 698. The normalized spacial score (nSPS) is 18.5. The first kappa shape index (κ1) is 25.5. The molecule has 0 spiro atoms. The van der Waals surface area contributed by atoms with Crippen molar-refractivity contribution in [3.8, 4) is 0 Å². The van der Waals surface area contributed by atoms with Crippen LogP contribution in [-0.2, 0) is 14.4 Å². The van der Waals surface area contributed by atoms with Gasteiger partial charge >= 0.3 is 0 Å². The van der Waals surface area contributed by atoms with Gasteiger partial charge in [0.1, 0.15) is 12.2 Å². The zero-order valence-electron chi connectivity index (χ0n) is 17.6. The lowest BCUT2D eigenvalue weighted by Crippen LogP contribution is -2.51. The average Bonchev–Trinajstić information content (AvgIpc) is 2.70. The van der Waals surface area contributed by atoms with E-state index in [9.17, 15) is 24.6 Å². The fourth-order valence-electron chi connectivity index (χ4n) is 3.32. The van der Waals surface area contributed by atoms with Gasteiger partial charge in [0.2, 0.25) is 5.91 Å². The van der Waals surface area contributed by atoms with Crippen LogP contribution >= 0.6 is 0 Å². The Morgan fingerprint density at radius 3 is 2.10 bits per heavy atom. The van der Waals surface area contributed by atoms with Crippen molar-refractivity contribution in [3.63, 3.8) is 0 Å². The second-order valence-corrected chi connectivity index (χ2v) is 7.33. The molecule has 1 aliphatic rings. The molecule has 0 radical (unpaired) electrons. The molecule has 1 aromatic carbocycles. The van der Waals surface area contributed by atoms with E-state index in [2.05, 4.69) is 17.1 Å². The molecule has 0 bridgehead atoms. The van der Waals surface area contributed by atoms with E-state index in [1.54, 1.807) is 0 Å². The first-order valence-electron chi connectivity index (χ1n) is 9.99. The molecule has 1 amide bonds. The number of nitrogens with one attached hydrogen (secondary N) is 1. The number of aliphatic hydroxyl groups excluding tert-OH is 2. The van der Waals surface area contributed by atoms with Crippen LogP contribution in [0.5, 0.6) is 0 Å². The Morgan fingerprint density at radius 1 is 1.10 bits per heavy atom. The maximum absolute atomic E-state index is 12.6. The van der Waals surface area contributed by atoms with Crippen molar-refractivity contribution in [2.24, 2.45) is 0 Å². The number of nitrogens with zero attached hydrogens (tertiary/aromatic N) is 1. The molecule has 1 saturated heterocycles. The summed E-state index contributed by atoms with van der Waals surface area (Å²) in [5.41, 5.74) is 3.26. The van der Waals surface area contributed by atoms with Crippen molar-refractivity contribution in [2.75, 3.05) is 18.4 Å². The zero-order valence-corrected chi connectivity index (χ0v) is 17.6. The number of para-hydroxylation sites is 1. The summed E-state index contributed by atoms with van der Waals surface area (Å²) in [6, 6.07) is 6.17. The van der Waals surface area contributed by atoms with Crippen molar-refractivity contribution in [1.29, 1.82) is 0 Å². The zero-order chi connectivity index (χ0) is 22.8. The minimum absolute atomic E-state index is 0.0442. The first-order valence-corrected chi connectivity index (χ1v) is 9.99. The highest BCUT2D eigenvalue weighted by Crippen LogP contribution is 2.23. The molecular formula is C21H30N2O7-2. The number of rotatable bonds is 7. The fraction of sp³-hybridized carbons (Fsp3) is 0.571. The Balaban J connectivity index is 0.000000382. The Kier molecular flexibility index (Phi) is 10.4. The van der Waals surface area contributed by atoms with E-state index < -0.39 is 24.1 Å². The lowest BCUT2D eigenvalue weighted by atomic mass is 10.0. The molecule has 2 unspecified atom stereocenters. The number of hydrogen-bond acceptors (Lipinski definition) is 8. The summed E-state index contributed by atoms with van der Waals surface area (Å²) in [7, 11) is 0. The third-order valence-corrected chi connectivity index (χ3v) is 4.94. The van der Waals surface area contributed by atoms with E-state index in [0.29, 0.717) is 0 Å². The van der Waals surface area contributed by atoms with Crippen LogP contribution < -0.4 is 15.5 Å². The molecule has 1 aromatic rings. The minimum atomic E-state index is -2.44. The number of aryl methyl sites for hydroxylation is 2. The lowest BCUT2D eigenvalue weighted by Gasteiger charge is -2.34. The average molecular weight is 422 g/mol. The molecule has 168 valence electrons. The third kappa shape index (κ3) is 7.40. The van der Waals surface area contributed by atoms with E-state index in [1.807, 2.05) is 32.0 Å². The molecular weight excluding hydrogens is 392 g/mol. The van der Waals surface area contributed by atoms with E-state index in [4.69, 9.17) is 10.2 Å². The van der Waals surface area contributed by atoms with Crippen molar-refractivity contribution >= 4 is 23.5 Å². The predicted molar refractivity (Wildman–Crippen MR) is 106 cm³/mol. The number of carboxylic acid groups (broad SMARTS) is 2. The number of anilines is 1. The molecule has 1 fully saturated rings. The molecule has 1 heterocycles. The molecule has 30 heavy (non-hydrogen) atoms. The molecule has 9 heteroatoms. The number of carboxylic acids is 2. The van der Waals surface area contributed by atoms with Gasteiger partial charge in [0.25, 0.3) is 0 Å². The summed E-state index contributed by atoms with van der Waals surface area (Å²) in [6.45, 7) is 8.35. The Labute approximate surface area is 176 Å². The van der Waals surface area contributed by atoms with Crippen LogP contribution in [0.2, 0.25) is 0 Å².